The highest BCUT2D eigenvalue weighted by atomic mass is 28.4. The van der Waals surface area contributed by atoms with Crippen molar-refractivity contribution < 1.29 is 14.0 Å². The zero-order valence-electron chi connectivity index (χ0n) is 26.6. The summed E-state index contributed by atoms with van der Waals surface area (Å²) in [5, 5.41) is 3.21. The van der Waals surface area contributed by atoms with Crippen LogP contribution in [0, 0.1) is 0 Å². The molecule has 0 bridgehead atoms. The molecule has 0 spiro atoms. The Hall–Kier alpha value is -1.43. The number of rotatable bonds is 13. The monoisotopic (exact) mass is 543 g/mol. The minimum atomic E-state index is -2.18. The Kier molecular flexibility index (Phi) is 11.5. The second kappa shape index (κ2) is 13.3. The van der Waals surface area contributed by atoms with Gasteiger partial charge in [0.1, 0.15) is 0 Å². The standard InChI is InChI=1S/C33H57NO3Si/c1-15-29(37-38(22(8)9,23(10)11)24(12)13)33-30(18-31(35)34-33)36-25(14)32-27(20(4)5)16-26(19(2)3)17-28(32)21(6)7/h15-17,19-25,29-30,33H,1,18H2,2-14H3,(H,34,35)/t25?,29-,30-,33-/m1/s1. The predicted octanol–water partition coefficient (Wildman–Crippen LogP) is 9.14. The van der Waals surface area contributed by atoms with Crippen LogP contribution in [-0.2, 0) is 14.0 Å². The first-order chi connectivity index (χ1) is 17.6. The molecule has 1 amide bonds. The summed E-state index contributed by atoms with van der Waals surface area (Å²) < 4.78 is 14.0. The van der Waals surface area contributed by atoms with Gasteiger partial charge in [-0.2, -0.15) is 0 Å². The zero-order valence-corrected chi connectivity index (χ0v) is 27.6. The van der Waals surface area contributed by atoms with Crippen molar-refractivity contribution in [3.8, 4) is 0 Å². The lowest BCUT2D eigenvalue weighted by Gasteiger charge is -2.45. The Morgan fingerprint density at radius 1 is 0.842 bits per heavy atom. The van der Waals surface area contributed by atoms with E-state index in [1.807, 2.05) is 6.08 Å². The van der Waals surface area contributed by atoms with Gasteiger partial charge in [0.05, 0.1) is 30.8 Å². The Morgan fingerprint density at radius 3 is 1.68 bits per heavy atom. The molecular weight excluding hydrogens is 486 g/mol. The van der Waals surface area contributed by atoms with Gasteiger partial charge < -0.3 is 14.5 Å². The van der Waals surface area contributed by atoms with Crippen LogP contribution in [0.25, 0.3) is 0 Å². The SMILES string of the molecule is C=C[C@@H](O[Si](C(C)C)(C(C)C)C(C)C)[C@H]1NC(=O)C[C@H]1OC(C)c1c(C(C)C)cc(C(C)C)cc1C(C)C. The van der Waals surface area contributed by atoms with Crippen molar-refractivity contribution in [1.82, 2.24) is 5.32 Å². The van der Waals surface area contributed by atoms with Crippen LogP contribution < -0.4 is 5.32 Å². The first-order valence-electron chi connectivity index (χ1n) is 15.0. The molecular formula is C33H57NO3Si. The molecule has 4 atom stereocenters. The molecule has 0 radical (unpaired) electrons. The average Bonchev–Trinajstić information content (AvgIpc) is 3.17. The normalized spacial score (nSPS) is 20.3. The van der Waals surface area contributed by atoms with E-state index in [1.54, 1.807) is 0 Å². The summed E-state index contributed by atoms with van der Waals surface area (Å²) >= 11 is 0. The van der Waals surface area contributed by atoms with E-state index in [-0.39, 0.29) is 30.3 Å². The van der Waals surface area contributed by atoms with Crippen molar-refractivity contribution in [2.45, 2.75) is 155 Å². The van der Waals surface area contributed by atoms with Gasteiger partial charge in [0, 0.05) is 0 Å². The van der Waals surface area contributed by atoms with Crippen molar-refractivity contribution in [3.05, 3.63) is 47.0 Å². The molecule has 1 unspecified atom stereocenters. The summed E-state index contributed by atoms with van der Waals surface area (Å²) in [6.07, 6.45) is 1.54. The molecule has 1 aromatic rings. The smallest absolute Gasteiger partial charge is 0.223 e. The topological polar surface area (TPSA) is 47.6 Å². The van der Waals surface area contributed by atoms with E-state index in [1.165, 1.54) is 22.3 Å². The highest BCUT2D eigenvalue weighted by Gasteiger charge is 2.49. The molecule has 1 aliphatic heterocycles. The van der Waals surface area contributed by atoms with E-state index in [9.17, 15) is 4.79 Å². The fraction of sp³-hybridized carbons (Fsp3) is 0.727. The Balaban J connectivity index is 2.48. The predicted molar refractivity (Wildman–Crippen MR) is 165 cm³/mol. The van der Waals surface area contributed by atoms with Gasteiger partial charge >= 0.3 is 0 Å². The van der Waals surface area contributed by atoms with Crippen LogP contribution in [0.2, 0.25) is 16.6 Å². The maximum atomic E-state index is 12.8. The molecule has 1 aromatic carbocycles. The number of benzene rings is 1. The molecule has 38 heavy (non-hydrogen) atoms. The molecule has 216 valence electrons. The number of amides is 1. The van der Waals surface area contributed by atoms with Gasteiger partial charge in [-0.1, -0.05) is 101 Å². The number of nitrogens with one attached hydrogen (secondary N) is 1. The Morgan fingerprint density at radius 2 is 1.32 bits per heavy atom. The second-order valence-corrected chi connectivity index (χ2v) is 18.7. The highest BCUT2D eigenvalue weighted by Crippen LogP contribution is 2.44. The van der Waals surface area contributed by atoms with Crippen LogP contribution >= 0.6 is 0 Å². The summed E-state index contributed by atoms with van der Waals surface area (Å²) in [5.74, 6) is 1.25. The lowest BCUT2D eigenvalue weighted by molar-refractivity contribution is -0.120. The molecule has 2 rings (SSSR count). The summed E-state index contributed by atoms with van der Waals surface area (Å²) in [6, 6.07) is 4.50. The molecule has 0 aromatic heterocycles. The first kappa shape index (κ1) is 32.8. The zero-order chi connectivity index (χ0) is 29.1. The van der Waals surface area contributed by atoms with Gasteiger partial charge in [0.2, 0.25) is 14.2 Å². The van der Waals surface area contributed by atoms with Gasteiger partial charge in [0.25, 0.3) is 0 Å². The maximum absolute atomic E-state index is 12.8. The Labute approximate surface area is 235 Å². The third-order valence-electron chi connectivity index (χ3n) is 8.71. The highest BCUT2D eigenvalue weighted by molar-refractivity contribution is 6.77. The van der Waals surface area contributed by atoms with Crippen molar-refractivity contribution in [3.63, 3.8) is 0 Å². The summed E-state index contributed by atoms with van der Waals surface area (Å²) in [6.45, 7) is 33.6. The third kappa shape index (κ3) is 6.82. The summed E-state index contributed by atoms with van der Waals surface area (Å²) in [4.78, 5) is 12.8. The van der Waals surface area contributed by atoms with E-state index in [4.69, 9.17) is 9.16 Å². The van der Waals surface area contributed by atoms with Crippen LogP contribution in [0.15, 0.2) is 24.8 Å². The average molecular weight is 544 g/mol. The van der Waals surface area contributed by atoms with Crippen molar-refractivity contribution in [1.29, 1.82) is 0 Å². The van der Waals surface area contributed by atoms with Crippen LogP contribution in [-0.4, -0.2) is 32.5 Å². The van der Waals surface area contributed by atoms with Gasteiger partial charge in [-0.25, -0.2) is 0 Å². The van der Waals surface area contributed by atoms with Crippen molar-refractivity contribution >= 4 is 14.2 Å². The van der Waals surface area contributed by atoms with Gasteiger partial charge in [-0.05, 0) is 63.6 Å². The fourth-order valence-corrected chi connectivity index (χ4v) is 12.3. The van der Waals surface area contributed by atoms with Crippen LogP contribution in [0.1, 0.15) is 143 Å². The molecule has 1 N–H and O–H groups in total. The third-order valence-corrected chi connectivity index (χ3v) is 14.8. The molecule has 1 aliphatic rings. The van der Waals surface area contributed by atoms with Crippen molar-refractivity contribution in [2.75, 3.05) is 0 Å². The molecule has 5 heteroatoms. The van der Waals surface area contributed by atoms with Gasteiger partial charge in [0.15, 0.2) is 0 Å². The van der Waals surface area contributed by atoms with Crippen LogP contribution in [0.3, 0.4) is 0 Å². The minimum absolute atomic E-state index is 0.0249. The van der Waals surface area contributed by atoms with Gasteiger partial charge in [-0.15, -0.1) is 6.58 Å². The number of carbonyl (C=O) groups excluding carboxylic acids is 1. The van der Waals surface area contributed by atoms with E-state index in [0.717, 1.165) is 0 Å². The molecule has 0 aliphatic carbocycles. The lowest BCUT2D eigenvalue weighted by Crippen LogP contribution is -2.55. The second-order valence-electron chi connectivity index (χ2n) is 13.3. The van der Waals surface area contributed by atoms with E-state index in [0.29, 0.717) is 40.8 Å². The van der Waals surface area contributed by atoms with E-state index >= 15 is 0 Å². The number of hydrogen-bond donors (Lipinski definition) is 1. The minimum Gasteiger partial charge on any atom is -0.408 e. The fourth-order valence-electron chi connectivity index (χ4n) is 6.80. The largest absolute Gasteiger partial charge is 0.408 e. The van der Waals surface area contributed by atoms with Crippen molar-refractivity contribution in [2.24, 2.45) is 0 Å². The number of hydrogen-bond acceptors (Lipinski definition) is 3. The quantitative estimate of drug-likeness (QED) is 0.199. The maximum Gasteiger partial charge on any atom is 0.223 e. The number of ether oxygens (including phenoxy) is 1. The number of carbonyl (C=O) groups is 1. The molecule has 1 fully saturated rings. The molecule has 0 saturated carbocycles. The molecule has 4 nitrogen and oxygen atoms in total. The van der Waals surface area contributed by atoms with E-state index < -0.39 is 8.32 Å². The van der Waals surface area contributed by atoms with Crippen LogP contribution in [0.5, 0.6) is 0 Å². The lowest BCUT2D eigenvalue weighted by atomic mass is 9.82. The molecule has 1 heterocycles. The first-order valence-corrected chi connectivity index (χ1v) is 17.1. The van der Waals surface area contributed by atoms with Crippen LogP contribution in [0.4, 0.5) is 0 Å². The van der Waals surface area contributed by atoms with E-state index in [2.05, 4.69) is 114 Å². The summed E-state index contributed by atoms with van der Waals surface area (Å²) in [7, 11) is -2.18. The Bertz CT molecular complexity index is 899. The van der Waals surface area contributed by atoms with Gasteiger partial charge in [-0.3, -0.25) is 4.79 Å². The summed E-state index contributed by atoms with van der Waals surface area (Å²) in [5.41, 5.74) is 6.70. The molecule has 1 saturated heterocycles.